The summed E-state index contributed by atoms with van der Waals surface area (Å²) < 4.78 is 18.8. The van der Waals surface area contributed by atoms with E-state index in [1.165, 1.54) is 30.3 Å². The van der Waals surface area contributed by atoms with Gasteiger partial charge in [0.05, 0.1) is 9.95 Å². The summed E-state index contributed by atoms with van der Waals surface area (Å²) in [6.07, 6.45) is 0. The molecule has 0 radical (unpaired) electrons. The maximum Gasteiger partial charge on any atom is 0.294 e. The van der Waals surface area contributed by atoms with Crippen molar-refractivity contribution >= 4 is 23.0 Å². The van der Waals surface area contributed by atoms with Gasteiger partial charge in [-0.25, -0.2) is 4.39 Å². The summed E-state index contributed by atoms with van der Waals surface area (Å²) >= 11 is 5.83. The molecule has 0 amide bonds. The number of nitro benzene ring substituents is 1. The first-order valence-corrected chi connectivity index (χ1v) is 6.21. The second-order valence-electron chi connectivity index (χ2n) is 4.09. The fourth-order valence-corrected chi connectivity index (χ4v) is 1.93. The summed E-state index contributed by atoms with van der Waals surface area (Å²) in [4.78, 5) is 10.3. The minimum absolute atomic E-state index is 0.0632. The number of halogens is 2. The van der Waals surface area contributed by atoms with Gasteiger partial charge in [-0.1, -0.05) is 23.7 Å². The fraction of sp³-hybridized carbons (Fsp3) is 0.0769. The van der Waals surface area contributed by atoms with E-state index >= 15 is 0 Å². The monoisotopic (exact) mass is 311 g/mol. The number of anilines is 1. The molecular weight excluding hydrogens is 301 g/mol. The van der Waals surface area contributed by atoms with Crippen molar-refractivity contribution in [1.29, 1.82) is 0 Å². The zero-order valence-corrected chi connectivity index (χ0v) is 11.4. The Labute approximate surface area is 124 Å². The molecule has 6 nitrogen and oxygen atoms in total. The lowest BCUT2D eigenvalue weighted by molar-refractivity contribution is -0.384. The molecule has 2 aromatic rings. The van der Waals surface area contributed by atoms with E-state index in [9.17, 15) is 14.5 Å². The second kappa shape index (κ2) is 6.38. The van der Waals surface area contributed by atoms with Crippen LogP contribution in [-0.4, -0.2) is 4.92 Å². The molecule has 0 aliphatic rings. The average Bonchev–Trinajstić information content (AvgIpc) is 2.46. The number of ether oxygens (including phenoxy) is 1. The molecule has 0 bridgehead atoms. The zero-order chi connectivity index (χ0) is 15.4. The van der Waals surface area contributed by atoms with Crippen LogP contribution in [0.25, 0.3) is 0 Å². The lowest BCUT2D eigenvalue weighted by Gasteiger charge is -2.09. The minimum Gasteiger partial charge on any atom is -0.484 e. The third kappa shape index (κ3) is 3.39. The molecular formula is C13H11ClFN3O3. The Morgan fingerprint density at radius 3 is 2.76 bits per heavy atom. The first-order valence-electron chi connectivity index (χ1n) is 5.83. The standard InChI is InChI=1S/C13H11ClFN3O3/c14-9-2-1-3-10(15)13(9)21-7-8-4-5-11(17-16)12(6-8)18(19)20/h1-6,17H,7,16H2. The highest BCUT2D eigenvalue weighted by atomic mass is 35.5. The van der Waals surface area contributed by atoms with Gasteiger partial charge in [-0.3, -0.25) is 16.0 Å². The molecule has 0 heterocycles. The molecule has 0 aromatic heterocycles. The van der Waals surface area contributed by atoms with E-state index in [4.69, 9.17) is 22.2 Å². The van der Waals surface area contributed by atoms with Crippen LogP contribution in [0.3, 0.4) is 0 Å². The molecule has 0 aliphatic carbocycles. The third-order valence-electron chi connectivity index (χ3n) is 2.72. The number of hydrazine groups is 1. The van der Waals surface area contributed by atoms with Crippen LogP contribution in [0.2, 0.25) is 5.02 Å². The van der Waals surface area contributed by atoms with Gasteiger partial charge in [-0.15, -0.1) is 0 Å². The summed E-state index contributed by atoms with van der Waals surface area (Å²) in [5.41, 5.74) is 2.70. The van der Waals surface area contributed by atoms with Crippen LogP contribution in [0.5, 0.6) is 5.75 Å². The predicted octanol–water partition coefficient (Wildman–Crippen LogP) is 3.25. The molecule has 21 heavy (non-hydrogen) atoms. The van der Waals surface area contributed by atoms with Crippen molar-refractivity contribution in [3.63, 3.8) is 0 Å². The summed E-state index contributed by atoms with van der Waals surface area (Å²) in [5, 5.41) is 11.0. The Hall–Kier alpha value is -2.38. The van der Waals surface area contributed by atoms with Crippen LogP contribution in [-0.2, 0) is 6.61 Å². The topological polar surface area (TPSA) is 90.4 Å². The second-order valence-corrected chi connectivity index (χ2v) is 4.50. The average molecular weight is 312 g/mol. The smallest absolute Gasteiger partial charge is 0.294 e. The van der Waals surface area contributed by atoms with E-state index in [2.05, 4.69) is 5.43 Å². The number of hydrogen-bond donors (Lipinski definition) is 2. The van der Waals surface area contributed by atoms with Gasteiger partial charge in [-0.05, 0) is 23.8 Å². The van der Waals surface area contributed by atoms with Gasteiger partial charge in [0.1, 0.15) is 12.3 Å². The SMILES string of the molecule is NNc1ccc(COc2c(F)cccc2Cl)cc1[N+](=O)[O-]. The summed E-state index contributed by atoms with van der Waals surface area (Å²) in [5.74, 6) is 4.50. The first kappa shape index (κ1) is 15.0. The third-order valence-corrected chi connectivity index (χ3v) is 3.01. The van der Waals surface area contributed by atoms with Gasteiger partial charge in [0.25, 0.3) is 5.69 Å². The number of nitrogens with one attached hydrogen (secondary N) is 1. The number of nitro groups is 1. The molecule has 2 aromatic carbocycles. The van der Waals surface area contributed by atoms with Gasteiger partial charge in [-0.2, -0.15) is 0 Å². The molecule has 0 unspecified atom stereocenters. The Morgan fingerprint density at radius 2 is 2.14 bits per heavy atom. The number of benzene rings is 2. The highest BCUT2D eigenvalue weighted by molar-refractivity contribution is 6.32. The zero-order valence-electron chi connectivity index (χ0n) is 10.7. The molecule has 0 spiro atoms. The van der Waals surface area contributed by atoms with Crippen molar-refractivity contribution in [3.8, 4) is 5.75 Å². The van der Waals surface area contributed by atoms with Crippen molar-refractivity contribution in [1.82, 2.24) is 0 Å². The normalized spacial score (nSPS) is 10.2. The Morgan fingerprint density at radius 1 is 1.38 bits per heavy atom. The number of hydrogen-bond acceptors (Lipinski definition) is 5. The molecule has 0 atom stereocenters. The molecule has 0 saturated carbocycles. The summed E-state index contributed by atoms with van der Waals surface area (Å²) in [6.45, 7) is -0.0632. The van der Waals surface area contributed by atoms with Crippen molar-refractivity contribution < 1.29 is 14.1 Å². The summed E-state index contributed by atoms with van der Waals surface area (Å²) in [6, 6.07) is 8.48. The van der Waals surface area contributed by atoms with Crippen LogP contribution >= 0.6 is 11.6 Å². The highest BCUT2D eigenvalue weighted by Gasteiger charge is 2.15. The molecule has 3 N–H and O–H groups in total. The van der Waals surface area contributed by atoms with E-state index in [-0.39, 0.29) is 28.8 Å². The van der Waals surface area contributed by atoms with Crippen molar-refractivity contribution in [2.75, 3.05) is 5.43 Å². The molecule has 0 fully saturated rings. The Kier molecular flexibility index (Phi) is 4.56. The van der Waals surface area contributed by atoms with Crippen LogP contribution in [0.15, 0.2) is 36.4 Å². The predicted molar refractivity (Wildman–Crippen MR) is 76.6 cm³/mol. The number of para-hydroxylation sites is 1. The van der Waals surface area contributed by atoms with E-state index in [0.29, 0.717) is 5.56 Å². The number of nitrogens with zero attached hydrogens (tertiary/aromatic N) is 1. The van der Waals surface area contributed by atoms with Gasteiger partial charge in [0, 0.05) is 6.07 Å². The van der Waals surface area contributed by atoms with E-state index in [1.54, 1.807) is 6.07 Å². The van der Waals surface area contributed by atoms with E-state index < -0.39 is 10.7 Å². The highest BCUT2D eigenvalue weighted by Crippen LogP contribution is 2.29. The Balaban J connectivity index is 2.21. The molecule has 8 heteroatoms. The summed E-state index contributed by atoms with van der Waals surface area (Å²) in [7, 11) is 0. The van der Waals surface area contributed by atoms with Crippen LogP contribution in [0.4, 0.5) is 15.8 Å². The largest absolute Gasteiger partial charge is 0.484 e. The minimum atomic E-state index is -0.600. The van der Waals surface area contributed by atoms with Crippen LogP contribution in [0, 0.1) is 15.9 Å². The number of nitrogen functional groups attached to an aromatic ring is 1. The maximum atomic E-state index is 13.5. The van der Waals surface area contributed by atoms with E-state index in [0.717, 1.165) is 0 Å². The quantitative estimate of drug-likeness (QED) is 0.502. The van der Waals surface area contributed by atoms with Gasteiger partial charge < -0.3 is 10.2 Å². The van der Waals surface area contributed by atoms with Crippen LogP contribution in [0.1, 0.15) is 5.56 Å². The number of rotatable bonds is 5. The van der Waals surface area contributed by atoms with Crippen molar-refractivity contribution in [3.05, 3.63) is 62.9 Å². The van der Waals surface area contributed by atoms with E-state index in [1.807, 2.05) is 0 Å². The van der Waals surface area contributed by atoms with Gasteiger partial charge in [0.2, 0.25) is 0 Å². The first-order chi connectivity index (χ1) is 10.0. The van der Waals surface area contributed by atoms with Crippen molar-refractivity contribution in [2.24, 2.45) is 5.84 Å². The van der Waals surface area contributed by atoms with Crippen LogP contribution < -0.4 is 16.0 Å². The lowest BCUT2D eigenvalue weighted by atomic mass is 10.2. The van der Waals surface area contributed by atoms with Gasteiger partial charge >= 0.3 is 0 Å². The van der Waals surface area contributed by atoms with Gasteiger partial charge in [0.15, 0.2) is 11.6 Å². The Bertz CT molecular complexity index is 661. The molecule has 110 valence electrons. The molecule has 0 saturated heterocycles. The van der Waals surface area contributed by atoms with Crippen molar-refractivity contribution in [2.45, 2.75) is 6.61 Å². The maximum absolute atomic E-state index is 13.5. The molecule has 2 rings (SSSR count). The molecule has 0 aliphatic heterocycles. The lowest BCUT2D eigenvalue weighted by Crippen LogP contribution is -2.09. The fourth-order valence-electron chi connectivity index (χ4n) is 1.72. The number of nitrogens with two attached hydrogens (primary N) is 1.